The number of nitrogens with one attached hydrogen (secondary N) is 2. The Kier molecular flexibility index (Phi) is 3.33. The molecule has 0 aliphatic carbocycles. The third-order valence-electron chi connectivity index (χ3n) is 2.58. The van der Waals surface area contributed by atoms with Gasteiger partial charge >= 0.3 is 5.69 Å². The zero-order valence-corrected chi connectivity index (χ0v) is 10.1. The molecular formula is C11H14N4O3. The predicted octanol–water partition coefficient (Wildman–Crippen LogP) is 0.163. The van der Waals surface area contributed by atoms with Gasteiger partial charge in [0.05, 0.1) is 20.3 Å². The second-order valence-corrected chi connectivity index (χ2v) is 3.66. The molecule has 0 amide bonds. The van der Waals surface area contributed by atoms with Crippen LogP contribution in [-0.4, -0.2) is 29.4 Å². The average molecular weight is 250 g/mol. The van der Waals surface area contributed by atoms with Crippen LogP contribution in [0.2, 0.25) is 0 Å². The lowest BCUT2D eigenvalue weighted by Gasteiger charge is -2.12. The van der Waals surface area contributed by atoms with Crippen molar-refractivity contribution in [2.24, 2.45) is 5.73 Å². The smallest absolute Gasteiger partial charge is 0.340 e. The molecule has 1 aromatic heterocycles. The maximum atomic E-state index is 11.0. The van der Waals surface area contributed by atoms with Crippen molar-refractivity contribution in [3.05, 3.63) is 40.1 Å². The van der Waals surface area contributed by atoms with Crippen molar-refractivity contribution in [2.75, 3.05) is 14.2 Å². The molecule has 2 aromatic rings. The summed E-state index contributed by atoms with van der Waals surface area (Å²) >= 11 is 0. The van der Waals surface area contributed by atoms with E-state index in [0.717, 1.165) is 5.56 Å². The Morgan fingerprint density at radius 2 is 2.00 bits per heavy atom. The normalized spacial score (nSPS) is 12.2. The molecule has 1 atom stereocenters. The predicted molar refractivity (Wildman–Crippen MR) is 64.8 cm³/mol. The van der Waals surface area contributed by atoms with Crippen LogP contribution in [0.4, 0.5) is 0 Å². The summed E-state index contributed by atoms with van der Waals surface area (Å²) in [5.74, 6) is 1.56. The summed E-state index contributed by atoms with van der Waals surface area (Å²) in [5, 5.41) is 6.07. The molecule has 7 heteroatoms. The molecule has 0 saturated heterocycles. The fourth-order valence-corrected chi connectivity index (χ4v) is 1.63. The third-order valence-corrected chi connectivity index (χ3v) is 2.58. The molecule has 1 aromatic carbocycles. The molecule has 1 unspecified atom stereocenters. The van der Waals surface area contributed by atoms with E-state index in [4.69, 9.17) is 15.2 Å². The maximum absolute atomic E-state index is 11.0. The van der Waals surface area contributed by atoms with Crippen LogP contribution < -0.4 is 20.9 Å². The lowest BCUT2D eigenvalue weighted by atomic mass is 10.1. The van der Waals surface area contributed by atoms with E-state index in [1.165, 1.54) is 0 Å². The summed E-state index contributed by atoms with van der Waals surface area (Å²) in [6.45, 7) is 0. The lowest BCUT2D eigenvalue weighted by molar-refractivity contribution is 0.354. The van der Waals surface area contributed by atoms with Crippen LogP contribution in [0.15, 0.2) is 23.0 Å². The van der Waals surface area contributed by atoms with Crippen molar-refractivity contribution in [3.8, 4) is 11.5 Å². The average Bonchev–Trinajstić information content (AvgIpc) is 2.83. The van der Waals surface area contributed by atoms with Gasteiger partial charge in [-0.15, -0.1) is 0 Å². The highest BCUT2D eigenvalue weighted by Gasteiger charge is 2.15. The van der Waals surface area contributed by atoms with Gasteiger partial charge in [0, 0.05) is 0 Å². The minimum atomic E-state index is -0.538. The van der Waals surface area contributed by atoms with E-state index in [-0.39, 0.29) is 5.69 Å². The number of H-pyrrole nitrogens is 2. The van der Waals surface area contributed by atoms with Crippen LogP contribution in [0.5, 0.6) is 11.5 Å². The van der Waals surface area contributed by atoms with Crippen molar-refractivity contribution < 1.29 is 9.47 Å². The van der Waals surface area contributed by atoms with E-state index in [0.29, 0.717) is 17.3 Å². The molecule has 18 heavy (non-hydrogen) atoms. The summed E-state index contributed by atoms with van der Waals surface area (Å²) in [6, 6.07) is 4.75. The molecule has 0 fully saturated rings. The molecule has 96 valence electrons. The van der Waals surface area contributed by atoms with Gasteiger partial charge in [0.2, 0.25) is 0 Å². The molecular weight excluding hydrogens is 236 g/mol. The fourth-order valence-electron chi connectivity index (χ4n) is 1.63. The standard InChI is InChI=1S/C11H14N4O3/c1-17-7-4-3-6(5-8(7)18-2)9(12)10-13-11(16)15-14-10/h3-5,9H,12H2,1-2H3,(H2,13,14,15,16). The minimum absolute atomic E-state index is 0.368. The van der Waals surface area contributed by atoms with E-state index >= 15 is 0 Å². The summed E-state index contributed by atoms with van der Waals surface area (Å²) in [4.78, 5) is 13.5. The van der Waals surface area contributed by atoms with Gasteiger partial charge in [-0.1, -0.05) is 6.07 Å². The number of hydrogen-bond donors (Lipinski definition) is 3. The number of hydrogen-bond acceptors (Lipinski definition) is 5. The van der Waals surface area contributed by atoms with Crippen molar-refractivity contribution in [3.63, 3.8) is 0 Å². The van der Waals surface area contributed by atoms with Crippen molar-refractivity contribution in [1.82, 2.24) is 15.2 Å². The zero-order chi connectivity index (χ0) is 13.1. The molecule has 0 spiro atoms. The molecule has 2 rings (SSSR count). The van der Waals surface area contributed by atoms with Crippen molar-refractivity contribution in [2.45, 2.75) is 6.04 Å². The second kappa shape index (κ2) is 4.92. The molecule has 0 bridgehead atoms. The first-order valence-electron chi connectivity index (χ1n) is 5.27. The van der Waals surface area contributed by atoms with Gasteiger partial charge in [0.15, 0.2) is 17.3 Å². The molecule has 0 aliphatic heterocycles. The molecule has 0 aliphatic rings. The Labute approximate surface area is 103 Å². The topological polar surface area (TPSA) is 106 Å². The summed E-state index contributed by atoms with van der Waals surface area (Å²) < 4.78 is 10.3. The van der Waals surface area contributed by atoms with Gasteiger partial charge < -0.3 is 15.2 Å². The molecule has 1 heterocycles. The Bertz CT molecular complexity index is 590. The van der Waals surface area contributed by atoms with Crippen LogP contribution in [0.3, 0.4) is 0 Å². The van der Waals surface area contributed by atoms with Crippen LogP contribution in [0, 0.1) is 0 Å². The number of aromatic amines is 2. The zero-order valence-electron chi connectivity index (χ0n) is 10.1. The number of nitrogens with zero attached hydrogens (tertiary/aromatic N) is 1. The Hall–Kier alpha value is -2.28. The highest BCUT2D eigenvalue weighted by molar-refractivity contribution is 5.44. The van der Waals surface area contributed by atoms with E-state index in [2.05, 4.69) is 15.2 Å². The Morgan fingerprint density at radius 3 is 2.56 bits per heavy atom. The van der Waals surface area contributed by atoms with Gasteiger partial charge in [-0.25, -0.2) is 9.89 Å². The highest BCUT2D eigenvalue weighted by Crippen LogP contribution is 2.30. The quantitative estimate of drug-likeness (QED) is 0.716. The van der Waals surface area contributed by atoms with Gasteiger partial charge in [-0.2, -0.15) is 5.10 Å². The van der Waals surface area contributed by atoms with Crippen LogP contribution >= 0.6 is 0 Å². The first-order valence-corrected chi connectivity index (χ1v) is 5.27. The molecule has 0 radical (unpaired) electrons. The number of ether oxygens (including phenoxy) is 2. The fraction of sp³-hybridized carbons (Fsp3) is 0.273. The van der Waals surface area contributed by atoms with E-state index < -0.39 is 6.04 Å². The first kappa shape index (κ1) is 12.2. The van der Waals surface area contributed by atoms with Gasteiger partial charge in [0.25, 0.3) is 0 Å². The third kappa shape index (κ3) is 2.21. The van der Waals surface area contributed by atoms with E-state index in [9.17, 15) is 4.79 Å². The summed E-state index contributed by atoms with van der Waals surface area (Å²) in [6.07, 6.45) is 0. The second-order valence-electron chi connectivity index (χ2n) is 3.66. The van der Waals surface area contributed by atoms with Gasteiger partial charge in [0.1, 0.15) is 0 Å². The van der Waals surface area contributed by atoms with Crippen LogP contribution in [0.1, 0.15) is 17.4 Å². The lowest BCUT2D eigenvalue weighted by Crippen LogP contribution is -2.14. The van der Waals surface area contributed by atoms with Crippen LogP contribution in [-0.2, 0) is 0 Å². The van der Waals surface area contributed by atoms with Crippen molar-refractivity contribution >= 4 is 0 Å². The number of nitrogens with two attached hydrogens (primary N) is 1. The number of aromatic nitrogens is 3. The van der Waals surface area contributed by atoms with Crippen LogP contribution in [0.25, 0.3) is 0 Å². The number of rotatable bonds is 4. The van der Waals surface area contributed by atoms with Crippen molar-refractivity contribution in [1.29, 1.82) is 0 Å². The molecule has 7 nitrogen and oxygen atoms in total. The summed E-state index contributed by atoms with van der Waals surface area (Å²) in [7, 11) is 3.10. The van der Waals surface area contributed by atoms with E-state index in [1.54, 1.807) is 32.4 Å². The highest BCUT2D eigenvalue weighted by atomic mass is 16.5. The molecule has 0 saturated carbocycles. The number of methoxy groups -OCH3 is 2. The maximum Gasteiger partial charge on any atom is 0.340 e. The monoisotopic (exact) mass is 250 g/mol. The number of benzene rings is 1. The first-order chi connectivity index (χ1) is 8.65. The molecule has 4 N–H and O–H groups in total. The van der Waals surface area contributed by atoms with E-state index in [1.807, 2.05) is 0 Å². The Morgan fingerprint density at radius 1 is 1.28 bits per heavy atom. The SMILES string of the molecule is COc1ccc(C(N)c2n[nH]c(=O)[nH]2)cc1OC. The Balaban J connectivity index is 2.36. The van der Waals surface area contributed by atoms with Gasteiger partial charge in [-0.05, 0) is 17.7 Å². The van der Waals surface area contributed by atoms with Gasteiger partial charge in [-0.3, -0.25) is 4.98 Å². The summed E-state index contributed by atoms with van der Waals surface area (Å²) in [5.41, 5.74) is 6.37. The minimum Gasteiger partial charge on any atom is -0.493 e. The largest absolute Gasteiger partial charge is 0.493 e.